The topological polar surface area (TPSA) is 127 Å². The first-order chi connectivity index (χ1) is 22.2. The highest BCUT2D eigenvalue weighted by atomic mass is 32.1. The molecule has 1 saturated heterocycles. The second-order valence-electron chi connectivity index (χ2n) is 12.4. The molecule has 7 atom stereocenters. The van der Waals surface area contributed by atoms with Crippen LogP contribution in [0.1, 0.15) is 82.8 Å². The lowest BCUT2D eigenvalue weighted by Crippen LogP contribution is -2.55. The van der Waals surface area contributed by atoms with Gasteiger partial charge in [-0.15, -0.1) is 11.3 Å². The molecule has 1 aliphatic heterocycles. The maximum Gasteiger partial charge on any atom is 0.236 e. The number of nitrogens with one attached hydrogen (secondary N) is 1. The molecule has 3 rings (SSSR count). The standard InChI is InChI=1S/C35H55N5O5S/c1-7-9-18-40(31(42)23-36)32(24(3)8-2)29(44-5)22-30(41)39-19-13-16-28(39)33(45-6)25(4)34(43)38-27(35-37-17-20-46-35)21-26-14-11-10-12-15-26/h10-12,14-15,17,20,24-25,27-29,32-33H,7-9,13,16,18-19,21-23,36H2,1-6H3,(H,38,43). The van der Waals surface area contributed by atoms with Gasteiger partial charge in [0.1, 0.15) is 5.01 Å². The van der Waals surface area contributed by atoms with Crippen LogP contribution in [0.2, 0.25) is 0 Å². The number of benzene rings is 1. The first-order valence-electron chi connectivity index (χ1n) is 16.8. The Hall–Kier alpha value is -2.86. The minimum Gasteiger partial charge on any atom is -0.379 e. The van der Waals surface area contributed by atoms with Crippen molar-refractivity contribution in [3.8, 4) is 0 Å². The van der Waals surface area contributed by atoms with Crippen LogP contribution in [0.25, 0.3) is 0 Å². The van der Waals surface area contributed by atoms with Gasteiger partial charge in [-0.1, -0.05) is 70.9 Å². The Morgan fingerprint density at radius 1 is 1.15 bits per heavy atom. The van der Waals surface area contributed by atoms with Gasteiger partial charge in [0, 0.05) is 38.9 Å². The van der Waals surface area contributed by atoms with E-state index < -0.39 is 18.1 Å². The molecule has 46 heavy (non-hydrogen) atoms. The zero-order valence-electron chi connectivity index (χ0n) is 28.5. The molecule has 1 aromatic carbocycles. The zero-order chi connectivity index (χ0) is 33.6. The van der Waals surface area contributed by atoms with Crippen LogP contribution in [0.15, 0.2) is 41.9 Å². The molecule has 0 saturated carbocycles. The van der Waals surface area contributed by atoms with Gasteiger partial charge in [-0.05, 0) is 37.2 Å². The summed E-state index contributed by atoms with van der Waals surface area (Å²) in [5, 5.41) is 5.99. The summed E-state index contributed by atoms with van der Waals surface area (Å²) in [6.45, 7) is 9.21. The van der Waals surface area contributed by atoms with Gasteiger partial charge in [-0.3, -0.25) is 14.4 Å². The molecule has 1 aromatic heterocycles. The first kappa shape index (κ1) is 37.6. The lowest BCUT2D eigenvalue weighted by atomic mass is 9.89. The van der Waals surface area contributed by atoms with Crippen molar-refractivity contribution < 1.29 is 23.9 Å². The smallest absolute Gasteiger partial charge is 0.236 e. The molecule has 0 bridgehead atoms. The van der Waals surface area contributed by atoms with E-state index >= 15 is 0 Å². The number of nitrogens with two attached hydrogens (primary N) is 1. The first-order valence-corrected chi connectivity index (χ1v) is 17.7. The molecule has 0 spiro atoms. The van der Waals surface area contributed by atoms with Crippen molar-refractivity contribution in [1.82, 2.24) is 20.1 Å². The number of likely N-dealkylation sites (tertiary alicyclic amines) is 1. The normalized spacial score (nSPS) is 18.8. The Kier molecular flexibility index (Phi) is 15.6. The Balaban J connectivity index is 1.77. The molecule has 1 aliphatic rings. The van der Waals surface area contributed by atoms with E-state index in [2.05, 4.69) is 31.1 Å². The Bertz CT molecular complexity index is 1200. The van der Waals surface area contributed by atoms with Crippen molar-refractivity contribution in [2.75, 3.05) is 33.9 Å². The maximum absolute atomic E-state index is 14.0. The van der Waals surface area contributed by atoms with Crippen LogP contribution in [0.5, 0.6) is 0 Å². The summed E-state index contributed by atoms with van der Waals surface area (Å²) in [7, 11) is 3.22. The number of thiazole rings is 1. The summed E-state index contributed by atoms with van der Waals surface area (Å²) < 4.78 is 12.0. The van der Waals surface area contributed by atoms with Crippen molar-refractivity contribution in [3.63, 3.8) is 0 Å². The average molecular weight is 658 g/mol. The zero-order valence-corrected chi connectivity index (χ0v) is 29.3. The quantitative estimate of drug-likeness (QED) is 0.226. The van der Waals surface area contributed by atoms with E-state index in [0.29, 0.717) is 19.5 Å². The second-order valence-corrected chi connectivity index (χ2v) is 13.3. The highest BCUT2D eigenvalue weighted by Gasteiger charge is 2.42. The summed E-state index contributed by atoms with van der Waals surface area (Å²) in [6, 6.07) is 9.23. The molecule has 3 amide bonds. The molecule has 1 fully saturated rings. The van der Waals surface area contributed by atoms with Crippen LogP contribution in [0, 0.1) is 11.8 Å². The summed E-state index contributed by atoms with van der Waals surface area (Å²) >= 11 is 1.52. The van der Waals surface area contributed by atoms with Gasteiger partial charge in [0.2, 0.25) is 17.7 Å². The Morgan fingerprint density at radius 3 is 2.48 bits per heavy atom. The number of carbonyl (C=O) groups is 3. The van der Waals surface area contributed by atoms with Gasteiger partial charge in [0.25, 0.3) is 0 Å². The Labute approximate surface area is 279 Å². The SMILES string of the molecule is CCCCN(C(=O)CN)C(C(C)CC)C(CC(=O)N1CCCC1C(OC)C(C)C(=O)NC(Cc1ccccc1)c1nccs1)OC. The lowest BCUT2D eigenvalue weighted by molar-refractivity contribution is -0.146. The largest absolute Gasteiger partial charge is 0.379 e. The fourth-order valence-electron chi connectivity index (χ4n) is 6.68. The van der Waals surface area contributed by atoms with Crippen molar-refractivity contribution >= 4 is 29.1 Å². The van der Waals surface area contributed by atoms with Gasteiger partial charge >= 0.3 is 0 Å². The van der Waals surface area contributed by atoms with Crippen LogP contribution < -0.4 is 11.1 Å². The summed E-state index contributed by atoms with van der Waals surface area (Å²) in [6.07, 6.45) is 5.69. The second kappa shape index (κ2) is 19.1. The van der Waals surface area contributed by atoms with E-state index in [-0.39, 0.29) is 54.7 Å². The van der Waals surface area contributed by atoms with E-state index in [4.69, 9.17) is 15.2 Å². The monoisotopic (exact) mass is 657 g/mol. The maximum atomic E-state index is 14.0. The van der Waals surface area contributed by atoms with E-state index in [9.17, 15) is 14.4 Å². The molecule has 2 aromatic rings. The minimum atomic E-state index is -0.514. The van der Waals surface area contributed by atoms with Crippen LogP contribution >= 0.6 is 11.3 Å². The number of amides is 3. The van der Waals surface area contributed by atoms with Gasteiger partial charge in [0.05, 0.1) is 49.2 Å². The fraction of sp³-hybridized carbons (Fsp3) is 0.657. The van der Waals surface area contributed by atoms with Crippen molar-refractivity contribution in [3.05, 3.63) is 52.5 Å². The van der Waals surface area contributed by atoms with Gasteiger partial charge < -0.3 is 30.3 Å². The number of methoxy groups -OCH3 is 2. The third kappa shape index (κ3) is 9.82. The van der Waals surface area contributed by atoms with Crippen molar-refractivity contribution in [1.29, 1.82) is 0 Å². The predicted molar refractivity (Wildman–Crippen MR) is 182 cm³/mol. The van der Waals surface area contributed by atoms with Crippen molar-refractivity contribution in [2.45, 2.75) is 103 Å². The fourth-order valence-corrected chi connectivity index (χ4v) is 7.37. The molecule has 11 heteroatoms. The van der Waals surface area contributed by atoms with E-state index in [1.807, 2.05) is 52.4 Å². The molecule has 2 heterocycles. The highest BCUT2D eigenvalue weighted by molar-refractivity contribution is 7.09. The van der Waals surface area contributed by atoms with Gasteiger partial charge in [-0.25, -0.2) is 4.98 Å². The van der Waals surface area contributed by atoms with Crippen LogP contribution in [-0.2, 0) is 30.3 Å². The Morgan fingerprint density at radius 2 is 1.89 bits per heavy atom. The molecule has 0 aliphatic carbocycles. The van der Waals surface area contributed by atoms with Crippen molar-refractivity contribution in [2.24, 2.45) is 17.6 Å². The lowest BCUT2D eigenvalue weighted by Gasteiger charge is -2.41. The number of nitrogens with zero attached hydrogens (tertiary/aromatic N) is 3. The predicted octanol–water partition coefficient (Wildman–Crippen LogP) is 4.59. The molecular weight excluding hydrogens is 602 g/mol. The molecule has 10 nitrogen and oxygen atoms in total. The number of ether oxygens (including phenoxy) is 2. The van der Waals surface area contributed by atoms with Gasteiger partial charge in [0.15, 0.2) is 0 Å². The van der Waals surface area contributed by atoms with Gasteiger partial charge in [-0.2, -0.15) is 0 Å². The third-order valence-electron chi connectivity index (χ3n) is 9.42. The average Bonchev–Trinajstić information content (AvgIpc) is 3.79. The van der Waals surface area contributed by atoms with Crippen LogP contribution in [0.3, 0.4) is 0 Å². The number of aromatic nitrogens is 1. The summed E-state index contributed by atoms with van der Waals surface area (Å²) in [4.78, 5) is 49.0. The van der Waals surface area contributed by atoms with E-state index in [1.54, 1.807) is 20.4 Å². The molecule has 0 radical (unpaired) electrons. The van der Waals surface area contributed by atoms with E-state index in [0.717, 1.165) is 42.7 Å². The summed E-state index contributed by atoms with van der Waals surface area (Å²) in [5.74, 6) is -0.732. The van der Waals surface area contributed by atoms with Crippen LogP contribution in [-0.4, -0.2) is 90.7 Å². The number of hydrogen-bond donors (Lipinski definition) is 2. The van der Waals surface area contributed by atoms with E-state index in [1.165, 1.54) is 11.3 Å². The number of hydrogen-bond acceptors (Lipinski definition) is 8. The third-order valence-corrected chi connectivity index (χ3v) is 10.3. The molecular formula is C35H55N5O5S. The molecule has 7 unspecified atom stereocenters. The molecule has 3 N–H and O–H groups in total. The highest BCUT2D eigenvalue weighted by Crippen LogP contribution is 2.30. The minimum absolute atomic E-state index is 0.0577. The number of carbonyl (C=O) groups excluding carboxylic acids is 3. The number of unbranched alkanes of at least 4 members (excludes halogenated alkanes) is 1. The van der Waals surface area contributed by atoms with Crippen LogP contribution in [0.4, 0.5) is 0 Å². The molecule has 256 valence electrons. The number of rotatable bonds is 19. The summed E-state index contributed by atoms with van der Waals surface area (Å²) in [5.41, 5.74) is 6.93.